The van der Waals surface area contributed by atoms with Crippen molar-refractivity contribution in [2.24, 2.45) is 0 Å². The monoisotopic (exact) mass is 530 g/mol. The van der Waals surface area contributed by atoms with Crippen LogP contribution in [-0.4, -0.2) is 83.4 Å². The predicted molar refractivity (Wildman–Crippen MR) is 148 cm³/mol. The molecule has 2 N–H and O–H groups in total. The summed E-state index contributed by atoms with van der Waals surface area (Å²) in [6, 6.07) is 13.7. The average molecular weight is 531 g/mol. The number of hydrogen-bond acceptors (Lipinski definition) is 6. The van der Waals surface area contributed by atoms with Crippen LogP contribution >= 0.6 is 0 Å². The minimum Gasteiger partial charge on any atom is -0.340 e. The maximum atomic E-state index is 13.4. The highest BCUT2D eigenvalue weighted by Gasteiger charge is 2.37. The Bertz CT molecular complexity index is 1250. The summed E-state index contributed by atoms with van der Waals surface area (Å²) >= 11 is 0. The second-order valence-corrected chi connectivity index (χ2v) is 10.4. The molecule has 2 amide bonds. The van der Waals surface area contributed by atoms with Crippen molar-refractivity contribution in [1.29, 1.82) is 0 Å². The van der Waals surface area contributed by atoms with Crippen LogP contribution in [0.15, 0.2) is 67.1 Å². The standard InChI is InChI=1S/C30H35FN6O2/c1-36-15-17-37(18-16-36)30(39)26(3-2-12-33-27-19-25(27)21-8-10-24(31)11-9-21)35-29(38)23-6-4-22(5-7-23)28-20-32-13-14-34-28/h4-11,13-14,20,25-27,33H,2-3,12,15-19H2,1H3,(H,35,38)/t25-,26-,27+/m0/s1. The van der Waals surface area contributed by atoms with Crippen LogP contribution in [0.5, 0.6) is 0 Å². The first-order valence-corrected chi connectivity index (χ1v) is 13.6. The molecular weight excluding hydrogens is 495 g/mol. The molecule has 204 valence electrons. The maximum Gasteiger partial charge on any atom is 0.251 e. The van der Waals surface area contributed by atoms with E-state index in [1.807, 2.05) is 29.2 Å². The van der Waals surface area contributed by atoms with Crippen molar-refractivity contribution >= 4 is 11.8 Å². The van der Waals surface area contributed by atoms with Crippen LogP contribution in [0.25, 0.3) is 11.3 Å². The van der Waals surface area contributed by atoms with Crippen LogP contribution in [0.4, 0.5) is 4.39 Å². The summed E-state index contributed by atoms with van der Waals surface area (Å²) in [6.07, 6.45) is 7.25. The first-order valence-electron chi connectivity index (χ1n) is 13.6. The average Bonchev–Trinajstić information content (AvgIpc) is 3.75. The van der Waals surface area contributed by atoms with Crippen molar-refractivity contribution in [2.75, 3.05) is 39.8 Å². The third kappa shape index (κ3) is 7.04. The van der Waals surface area contributed by atoms with E-state index in [1.165, 1.54) is 12.1 Å². The molecule has 0 bridgehead atoms. The summed E-state index contributed by atoms with van der Waals surface area (Å²) in [6.45, 7) is 3.72. The highest BCUT2D eigenvalue weighted by Crippen LogP contribution is 2.40. The van der Waals surface area contributed by atoms with Crippen molar-refractivity contribution in [3.8, 4) is 11.3 Å². The van der Waals surface area contributed by atoms with E-state index in [9.17, 15) is 14.0 Å². The lowest BCUT2D eigenvalue weighted by Crippen LogP contribution is -2.54. The number of rotatable bonds is 10. The van der Waals surface area contributed by atoms with Gasteiger partial charge in [-0.3, -0.25) is 19.6 Å². The summed E-state index contributed by atoms with van der Waals surface area (Å²) < 4.78 is 13.2. The quantitative estimate of drug-likeness (QED) is 0.392. The number of nitrogens with one attached hydrogen (secondary N) is 2. The van der Waals surface area contributed by atoms with Gasteiger partial charge in [-0.15, -0.1) is 0 Å². The molecule has 1 aromatic heterocycles. The summed E-state index contributed by atoms with van der Waals surface area (Å²) in [5, 5.41) is 6.57. The minimum atomic E-state index is -0.588. The van der Waals surface area contributed by atoms with Crippen LogP contribution < -0.4 is 10.6 Å². The normalized spacial score (nSPS) is 19.9. The number of benzene rings is 2. The van der Waals surface area contributed by atoms with E-state index in [1.54, 1.807) is 30.7 Å². The highest BCUT2D eigenvalue weighted by atomic mass is 19.1. The molecule has 0 spiro atoms. The summed E-state index contributed by atoms with van der Waals surface area (Å²) in [5.41, 5.74) is 3.25. The minimum absolute atomic E-state index is 0.0248. The number of halogens is 1. The van der Waals surface area contributed by atoms with Gasteiger partial charge in [0, 0.05) is 61.7 Å². The Morgan fingerprint density at radius 1 is 1.03 bits per heavy atom. The third-order valence-electron chi connectivity index (χ3n) is 7.59. The number of amides is 2. The molecule has 5 rings (SSSR count). The first-order chi connectivity index (χ1) is 19.0. The third-order valence-corrected chi connectivity index (χ3v) is 7.59. The Balaban J connectivity index is 1.17. The van der Waals surface area contributed by atoms with Crippen molar-refractivity contribution in [1.82, 2.24) is 30.4 Å². The Labute approximate surface area is 228 Å². The zero-order valence-corrected chi connectivity index (χ0v) is 22.2. The van der Waals surface area contributed by atoms with E-state index < -0.39 is 6.04 Å². The van der Waals surface area contributed by atoms with Gasteiger partial charge in [-0.2, -0.15) is 0 Å². The molecule has 2 aromatic carbocycles. The lowest BCUT2D eigenvalue weighted by atomic mass is 10.1. The number of hydrogen-bond donors (Lipinski definition) is 2. The Morgan fingerprint density at radius 3 is 2.46 bits per heavy atom. The lowest BCUT2D eigenvalue weighted by molar-refractivity contribution is -0.135. The summed E-state index contributed by atoms with van der Waals surface area (Å²) in [7, 11) is 2.05. The molecule has 1 saturated heterocycles. The molecule has 1 aliphatic carbocycles. The second-order valence-electron chi connectivity index (χ2n) is 10.4. The van der Waals surface area contributed by atoms with Gasteiger partial charge in [-0.25, -0.2) is 4.39 Å². The van der Waals surface area contributed by atoms with Gasteiger partial charge in [0.2, 0.25) is 5.91 Å². The van der Waals surface area contributed by atoms with Crippen molar-refractivity contribution in [3.63, 3.8) is 0 Å². The molecule has 0 radical (unpaired) electrons. The maximum absolute atomic E-state index is 13.4. The highest BCUT2D eigenvalue weighted by molar-refractivity contribution is 5.97. The van der Waals surface area contributed by atoms with E-state index in [2.05, 4.69) is 32.5 Å². The number of likely N-dealkylation sites (N-methyl/N-ethyl adjacent to an activating group) is 1. The fourth-order valence-electron chi connectivity index (χ4n) is 5.08. The van der Waals surface area contributed by atoms with Crippen molar-refractivity contribution in [2.45, 2.75) is 37.3 Å². The van der Waals surface area contributed by atoms with Crippen LogP contribution in [0, 0.1) is 5.82 Å². The number of carbonyl (C=O) groups excluding carboxylic acids is 2. The fraction of sp³-hybridized carbons (Fsp3) is 0.400. The van der Waals surface area contributed by atoms with Gasteiger partial charge < -0.3 is 20.4 Å². The molecular formula is C30H35FN6O2. The Hall–Kier alpha value is -3.69. The number of nitrogens with zero attached hydrogens (tertiary/aromatic N) is 4. The van der Waals surface area contributed by atoms with Gasteiger partial charge in [0.05, 0.1) is 11.9 Å². The van der Waals surface area contributed by atoms with E-state index in [4.69, 9.17) is 0 Å². The molecule has 3 aromatic rings. The predicted octanol–water partition coefficient (Wildman–Crippen LogP) is 3.08. The van der Waals surface area contributed by atoms with Crippen LogP contribution in [0.1, 0.15) is 41.1 Å². The van der Waals surface area contributed by atoms with Gasteiger partial charge in [0.15, 0.2) is 0 Å². The van der Waals surface area contributed by atoms with E-state index in [0.717, 1.165) is 49.3 Å². The Kier molecular flexibility index (Phi) is 8.58. The number of carbonyl (C=O) groups is 2. The fourth-order valence-corrected chi connectivity index (χ4v) is 5.08. The zero-order chi connectivity index (χ0) is 27.2. The molecule has 1 aliphatic heterocycles. The molecule has 2 heterocycles. The first kappa shape index (κ1) is 26.9. The van der Waals surface area contributed by atoms with Gasteiger partial charge in [0.1, 0.15) is 11.9 Å². The molecule has 2 aliphatic rings. The second kappa shape index (κ2) is 12.4. The van der Waals surface area contributed by atoms with Gasteiger partial charge >= 0.3 is 0 Å². The largest absolute Gasteiger partial charge is 0.340 e. The van der Waals surface area contributed by atoms with E-state index >= 15 is 0 Å². The number of piperazine rings is 1. The van der Waals surface area contributed by atoms with Crippen LogP contribution in [0.2, 0.25) is 0 Å². The number of aromatic nitrogens is 2. The molecule has 2 fully saturated rings. The summed E-state index contributed by atoms with van der Waals surface area (Å²) in [5.74, 6) is -0.107. The SMILES string of the molecule is CN1CCN(C(=O)[C@H](CCCN[C@@H]2C[C@H]2c2ccc(F)cc2)NC(=O)c2ccc(-c3cnccn3)cc2)CC1. The Morgan fingerprint density at radius 2 is 1.77 bits per heavy atom. The van der Waals surface area contributed by atoms with Gasteiger partial charge in [0.25, 0.3) is 5.91 Å². The molecule has 9 heteroatoms. The van der Waals surface area contributed by atoms with E-state index in [-0.39, 0.29) is 17.6 Å². The summed E-state index contributed by atoms with van der Waals surface area (Å²) in [4.78, 5) is 39.1. The van der Waals surface area contributed by atoms with Crippen LogP contribution in [-0.2, 0) is 4.79 Å². The molecule has 0 unspecified atom stereocenters. The zero-order valence-electron chi connectivity index (χ0n) is 22.2. The topological polar surface area (TPSA) is 90.5 Å². The van der Waals surface area contributed by atoms with E-state index in [0.29, 0.717) is 37.0 Å². The smallest absolute Gasteiger partial charge is 0.251 e. The lowest BCUT2D eigenvalue weighted by Gasteiger charge is -2.34. The molecule has 8 nitrogen and oxygen atoms in total. The molecule has 3 atom stereocenters. The van der Waals surface area contributed by atoms with Gasteiger partial charge in [-0.1, -0.05) is 24.3 Å². The molecule has 1 saturated carbocycles. The van der Waals surface area contributed by atoms with Gasteiger partial charge in [-0.05, 0) is 62.7 Å². The molecule has 39 heavy (non-hydrogen) atoms. The van der Waals surface area contributed by atoms with Crippen molar-refractivity contribution in [3.05, 3.63) is 84.1 Å². The van der Waals surface area contributed by atoms with Crippen LogP contribution in [0.3, 0.4) is 0 Å². The van der Waals surface area contributed by atoms with Crippen molar-refractivity contribution < 1.29 is 14.0 Å².